The van der Waals surface area contributed by atoms with E-state index in [1.54, 1.807) is 12.1 Å². The van der Waals surface area contributed by atoms with Gasteiger partial charge < -0.3 is 19.8 Å². The molecule has 2 aliphatic carbocycles. The quantitative estimate of drug-likeness (QED) is 0.803. The molecule has 2 atom stereocenters. The molecule has 0 aliphatic heterocycles. The van der Waals surface area contributed by atoms with E-state index in [0.29, 0.717) is 12.6 Å². The number of rotatable bonds is 7. The molecule has 0 bridgehead atoms. The van der Waals surface area contributed by atoms with E-state index < -0.39 is 0 Å². The van der Waals surface area contributed by atoms with E-state index in [1.165, 1.54) is 12.7 Å². The van der Waals surface area contributed by atoms with Gasteiger partial charge in [0.2, 0.25) is 5.91 Å². The van der Waals surface area contributed by atoms with Crippen LogP contribution in [0.25, 0.3) is 0 Å². The second kappa shape index (κ2) is 6.74. The molecule has 3 rings (SSSR count). The molecule has 0 radical (unpaired) electrons. The molecule has 2 fully saturated rings. The van der Waals surface area contributed by atoms with Gasteiger partial charge in [-0.3, -0.25) is 9.59 Å². The normalized spacial score (nSPS) is 24.6. The predicted octanol–water partition coefficient (Wildman–Crippen LogP) is 1.86. The molecule has 6 nitrogen and oxygen atoms in total. The van der Waals surface area contributed by atoms with Crippen LogP contribution in [0, 0.1) is 5.41 Å². The Bertz CT molecular complexity index is 551. The first-order valence-corrected chi connectivity index (χ1v) is 8.38. The summed E-state index contributed by atoms with van der Waals surface area (Å²) in [5.74, 6) is -0.0494. The highest BCUT2D eigenvalue weighted by atomic mass is 16.5. The van der Waals surface area contributed by atoms with Crippen molar-refractivity contribution in [2.45, 2.75) is 51.2 Å². The molecule has 126 valence electrons. The van der Waals surface area contributed by atoms with Gasteiger partial charge in [0.25, 0.3) is 5.91 Å². The van der Waals surface area contributed by atoms with Crippen LogP contribution in [-0.2, 0) is 9.53 Å². The van der Waals surface area contributed by atoms with Crippen molar-refractivity contribution >= 4 is 11.8 Å². The van der Waals surface area contributed by atoms with E-state index >= 15 is 0 Å². The zero-order chi connectivity index (χ0) is 16.3. The van der Waals surface area contributed by atoms with Crippen LogP contribution in [0.1, 0.15) is 49.6 Å². The maximum atomic E-state index is 12.1. The third kappa shape index (κ3) is 3.13. The number of hydrogen-bond acceptors (Lipinski definition) is 4. The standard InChI is InChI=1S/C17H24N2O4/c1-2-22-14-11-13(17(14)7-4-8-17)19-15(20)6-9-18-16(21)12-5-3-10-23-12/h3,5,10,13-14H,2,4,6-9,11H2,1H3,(H,18,21)(H,19,20). The molecule has 2 aliphatic rings. The van der Waals surface area contributed by atoms with Gasteiger partial charge in [0, 0.05) is 31.0 Å². The van der Waals surface area contributed by atoms with Gasteiger partial charge in [-0.2, -0.15) is 0 Å². The van der Waals surface area contributed by atoms with Gasteiger partial charge in [0.1, 0.15) is 0 Å². The number of amides is 2. The molecular weight excluding hydrogens is 296 g/mol. The summed E-state index contributed by atoms with van der Waals surface area (Å²) in [5, 5.41) is 5.80. The lowest BCUT2D eigenvalue weighted by Gasteiger charge is -2.61. The molecule has 1 heterocycles. The van der Waals surface area contributed by atoms with Crippen LogP contribution in [0.4, 0.5) is 0 Å². The Hall–Kier alpha value is -1.82. The van der Waals surface area contributed by atoms with Crippen LogP contribution in [-0.4, -0.2) is 37.1 Å². The largest absolute Gasteiger partial charge is 0.459 e. The van der Waals surface area contributed by atoms with Crippen LogP contribution < -0.4 is 10.6 Å². The topological polar surface area (TPSA) is 80.6 Å². The van der Waals surface area contributed by atoms with Crippen molar-refractivity contribution in [2.75, 3.05) is 13.2 Å². The van der Waals surface area contributed by atoms with E-state index in [1.807, 2.05) is 6.92 Å². The first-order valence-electron chi connectivity index (χ1n) is 8.38. The zero-order valence-electron chi connectivity index (χ0n) is 13.5. The van der Waals surface area contributed by atoms with E-state index in [2.05, 4.69) is 10.6 Å². The number of ether oxygens (including phenoxy) is 1. The highest BCUT2D eigenvalue weighted by Gasteiger charge is 2.59. The molecule has 0 aromatic carbocycles. The Kier molecular flexibility index (Phi) is 4.71. The molecule has 0 saturated heterocycles. The molecule has 2 N–H and O–H groups in total. The van der Waals surface area contributed by atoms with Crippen molar-refractivity contribution in [3.05, 3.63) is 24.2 Å². The van der Waals surface area contributed by atoms with Crippen molar-refractivity contribution in [1.29, 1.82) is 0 Å². The summed E-state index contributed by atoms with van der Waals surface area (Å²) in [6, 6.07) is 3.48. The van der Waals surface area contributed by atoms with Crippen LogP contribution in [0.5, 0.6) is 0 Å². The summed E-state index contributed by atoms with van der Waals surface area (Å²) in [7, 11) is 0. The molecule has 2 unspecified atom stereocenters. The van der Waals surface area contributed by atoms with Gasteiger partial charge in [-0.15, -0.1) is 0 Å². The summed E-state index contributed by atoms with van der Waals surface area (Å²) < 4.78 is 10.8. The van der Waals surface area contributed by atoms with Crippen LogP contribution in [0.15, 0.2) is 22.8 Å². The summed E-state index contributed by atoms with van der Waals surface area (Å²) in [6.45, 7) is 3.05. The fraction of sp³-hybridized carbons (Fsp3) is 0.647. The Morgan fingerprint density at radius 1 is 1.43 bits per heavy atom. The lowest BCUT2D eigenvalue weighted by atomic mass is 9.51. The van der Waals surface area contributed by atoms with Gasteiger partial charge in [-0.05, 0) is 38.3 Å². The number of carbonyl (C=O) groups is 2. The minimum atomic E-state index is -0.293. The van der Waals surface area contributed by atoms with E-state index in [4.69, 9.17) is 9.15 Å². The van der Waals surface area contributed by atoms with Gasteiger partial charge in [0.05, 0.1) is 12.4 Å². The summed E-state index contributed by atoms with van der Waals surface area (Å²) >= 11 is 0. The SMILES string of the molecule is CCOC1CC(NC(=O)CCNC(=O)c2ccco2)C12CCC2. The molecule has 1 spiro atoms. The van der Waals surface area contributed by atoms with Crippen LogP contribution in [0.3, 0.4) is 0 Å². The average molecular weight is 320 g/mol. The van der Waals surface area contributed by atoms with Gasteiger partial charge >= 0.3 is 0 Å². The number of furan rings is 1. The Labute approximate surface area is 135 Å². The highest BCUT2D eigenvalue weighted by Crippen LogP contribution is 2.57. The first kappa shape index (κ1) is 16.1. The Balaban J connectivity index is 1.39. The predicted molar refractivity (Wildman–Crippen MR) is 83.9 cm³/mol. The first-order chi connectivity index (χ1) is 11.2. The van der Waals surface area contributed by atoms with Gasteiger partial charge in [-0.1, -0.05) is 6.42 Å². The lowest BCUT2D eigenvalue weighted by Crippen LogP contribution is -2.67. The molecule has 1 aromatic rings. The molecule has 6 heteroatoms. The highest BCUT2D eigenvalue weighted by molar-refractivity contribution is 5.91. The fourth-order valence-electron chi connectivity index (χ4n) is 3.69. The van der Waals surface area contributed by atoms with E-state index in [9.17, 15) is 9.59 Å². The third-order valence-corrected chi connectivity index (χ3v) is 5.16. The number of nitrogens with one attached hydrogen (secondary N) is 2. The molecular formula is C17H24N2O4. The van der Waals surface area contributed by atoms with Crippen molar-refractivity contribution in [3.8, 4) is 0 Å². The van der Waals surface area contributed by atoms with Crippen molar-refractivity contribution in [1.82, 2.24) is 10.6 Å². The molecule has 1 aromatic heterocycles. The van der Waals surface area contributed by atoms with Crippen LogP contribution >= 0.6 is 0 Å². The summed E-state index contributed by atoms with van der Waals surface area (Å²) in [5.41, 5.74) is 0.170. The zero-order valence-corrected chi connectivity index (χ0v) is 13.5. The smallest absolute Gasteiger partial charge is 0.286 e. The molecule has 2 saturated carbocycles. The van der Waals surface area contributed by atoms with Crippen molar-refractivity contribution in [2.24, 2.45) is 5.41 Å². The average Bonchev–Trinajstić information content (AvgIpc) is 2.98. The van der Waals surface area contributed by atoms with E-state index in [0.717, 1.165) is 25.9 Å². The minimum Gasteiger partial charge on any atom is -0.459 e. The van der Waals surface area contributed by atoms with Crippen molar-refractivity contribution < 1.29 is 18.7 Å². The fourth-order valence-corrected chi connectivity index (χ4v) is 3.69. The summed E-state index contributed by atoms with van der Waals surface area (Å²) in [6.07, 6.45) is 6.41. The van der Waals surface area contributed by atoms with Gasteiger partial charge in [-0.25, -0.2) is 0 Å². The van der Waals surface area contributed by atoms with E-state index in [-0.39, 0.29) is 35.5 Å². The Morgan fingerprint density at radius 2 is 2.26 bits per heavy atom. The van der Waals surface area contributed by atoms with Gasteiger partial charge in [0.15, 0.2) is 5.76 Å². The monoisotopic (exact) mass is 320 g/mol. The maximum Gasteiger partial charge on any atom is 0.286 e. The number of carbonyl (C=O) groups excluding carboxylic acids is 2. The minimum absolute atomic E-state index is 0.0176. The van der Waals surface area contributed by atoms with Crippen molar-refractivity contribution in [3.63, 3.8) is 0 Å². The summed E-state index contributed by atoms with van der Waals surface area (Å²) in [4.78, 5) is 23.8. The third-order valence-electron chi connectivity index (χ3n) is 5.16. The maximum absolute atomic E-state index is 12.1. The molecule has 23 heavy (non-hydrogen) atoms. The second-order valence-electron chi connectivity index (χ2n) is 6.37. The number of hydrogen-bond donors (Lipinski definition) is 2. The second-order valence-corrected chi connectivity index (χ2v) is 6.37. The van der Waals surface area contributed by atoms with Crippen LogP contribution in [0.2, 0.25) is 0 Å². The Morgan fingerprint density at radius 3 is 2.87 bits per heavy atom. The molecule has 2 amide bonds. The lowest BCUT2D eigenvalue weighted by molar-refractivity contribution is -0.175.